The number of hydrogen-bond donors (Lipinski definition) is 0. The zero-order chi connectivity index (χ0) is 19.8. The minimum atomic E-state index is -1.72. The maximum atomic E-state index is 13.4. The Kier molecular flexibility index (Phi) is 5.02. The van der Waals surface area contributed by atoms with Gasteiger partial charge in [0.25, 0.3) is 0 Å². The number of ether oxygens (including phenoxy) is 1. The van der Waals surface area contributed by atoms with Crippen molar-refractivity contribution < 1.29 is 19.2 Å². The predicted molar refractivity (Wildman–Crippen MR) is 99.7 cm³/mol. The molecule has 7 heteroatoms. The summed E-state index contributed by atoms with van der Waals surface area (Å²) in [6.07, 6.45) is 0.0395. The molecule has 0 fully saturated rings. The number of Topliss-reactive ketones (excluding diaryl/α,β-unsaturated/α-hetero) is 1. The molecule has 0 bridgehead atoms. The van der Waals surface area contributed by atoms with Crippen LogP contribution in [-0.4, -0.2) is 30.3 Å². The van der Waals surface area contributed by atoms with Crippen molar-refractivity contribution in [3.8, 4) is 0 Å². The SMILES string of the molecule is COC(=O)[C@]1([C@H](C[N+](=O)[O-])c2ccccc2Cl)Cc2ccc(C)cc2C1=O. The molecule has 140 valence electrons. The van der Waals surface area contributed by atoms with Gasteiger partial charge in [0.05, 0.1) is 13.0 Å². The first-order valence-corrected chi connectivity index (χ1v) is 8.78. The first-order chi connectivity index (χ1) is 12.8. The molecule has 27 heavy (non-hydrogen) atoms. The van der Waals surface area contributed by atoms with Crippen LogP contribution in [0.4, 0.5) is 0 Å². The van der Waals surface area contributed by atoms with Gasteiger partial charge in [0, 0.05) is 15.5 Å². The van der Waals surface area contributed by atoms with Crippen LogP contribution < -0.4 is 0 Å². The van der Waals surface area contributed by atoms with Crippen LogP contribution in [-0.2, 0) is 16.0 Å². The minimum absolute atomic E-state index is 0.0395. The molecule has 0 radical (unpaired) electrons. The molecule has 1 aliphatic rings. The molecule has 2 aromatic rings. The van der Waals surface area contributed by atoms with Crippen LogP contribution in [0.3, 0.4) is 0 Å². The molecule has 0 aromatic heterocycles. The Bertz CT molecular complexity index is 942. The van der Waals surface area contributed by atoms with Crippen LogP contribution in [0.2, 0.25) is 5.02 Å². The van der Waals surface area contributed by atoms with Gasteiger partial charge in [-0.2, -0.15) is 0 Å². The van der Waals surface area contributed by atoms with E-state index in [1.807, 2.05) is 13.0 Å². The summed E-state index contributed by atoms with van der Waals surface area (Å²) in [4.78, 5) is 37.2. The number of aryl methyl sites for hydroxylation is 1. The van der Waals surface area contributed by atoms with Gasteiger partial charge in [0.2, 0.25) is 6.54 Å². The molecule has 0 saturated heterocycles. The van der Waals surface area contributed by atoms with E-state index in [2.05, 4.69) is 0 Å². The second-order valence-corrected chi connectivity index (χ2v) is 7.13. The van der Waals surface area contributed by atoms with E-state index in [4.69, 9.17) is 16.3 Å². The Balaban J connectivity index is 2.24. The fourth-order valence-corrected chi connectivity index (χ4v) is 4.14. The van der Waals surface area contributed by atoms with E-state index >= 15 is 0 Å². The second kappa shape index (κ2) is 7.12. The van der Waals surface area contributed by atoms with E-state index in [0.717, 1.165) is 5.56 Å². The van der Waals surface area contributed by atoms with Crippen LogP contribution in [0.1, 0.15) is 33.0 Å². The third-order valence-corrected chi connectivity index (χ3v) is 5.49. The fourth-order valence-electron chi connectivity index (χ4n) is 3.87. The highest BCUT2D eigenvalue weighted by atomic mass is 35.5. The van der Waals surface area contributed by atoms with Gasteiger partial charge in [-0.25, -0.2) is 0 Å². The quantitative estimate of drug-likeness (QED) is 0.338. The maximum Gasteiger partial charge on any atom is 0.320 e. The van der Waals surface area contributed by atoms with Crippen LogP contribution in [0.25, 0.3) is 0 Å². The summed E-state index contributed by atoms with van der Waals surface area (Å²) < 4.78 is 4.97. The monoisotopic (exact) mass is 387 g/mol. The van der Waals surface area contributed by atoms with Crippen molar-refractivity contribution in [1.82, 2.24) is 0 Å². The molecule has 0 saturated carbocycles. The minimum Gasteiger partial charge on any atom is -0.468 e. The van der Waals surface area contributed by atoms with Crippen LogP contribution in [0.5, 0.6) is 0 Å². The molecule has 1 aliphatic carbocycles. The zero-order valence-corrected chi connectivity index (χ0v) is 15.7. The number of esters is 1. The number of rotatable bonds is 5. The van der Waals surface area contributed by atoms with Gasteiger partial charge >= 0.3 is 5.97 Å². The maximum absolute atomic E-state index is 13.4. The number of carbonyl (C=O) groups excluding carboxylic acids is 2. The number of ketones is 1. The zero-order valence-electron chi connectivity index (χ0n) is 14.9. The summed E-state index contributed by atoms with van der Waals surface area (Å²) in [7, 11) is 1.18. The third-order valence-electron chi connectivity index (χ3n) is 5.14. The molecule has 2 atom stereocenters. The topological polar surface area (TPSA) is 86.5 Å². The first-order valence-electron chi connectivity index (χ1n) is 8.40. The Labute approximate surface area is 161 Å². The smallest absolute Gasteiger partial charge is 0.320 e. The van der Waals surface area contributed by atoms with E-state index in [0.29, 0.717) is 16.7 Å². The van der Waals surface area contributed by atoms with Crippen molar-refractivity contribution in [2.75, 3.05) is 13.7 Å². The van der Waals surface area contributed by atoms with Crippen LogP contribution in [0.15, 0.2) is 42.5 Å². The molecule has 0 spiro atoms. The Hall–Kier alpha value is -2.73. The molecule has 0 aliphatic heterocycles. The lowest BCUT2D eigenvalue weighted by Crippen LogP contribution is -2.46. The molecule has 0 N–H and O–H groups in total. The van der Waals surface area contributed by atoms with Crippen molar-refractivity contribution >= 4 is 23.4 Å². The summed E-state index contributed by atoms with van der Waals surface area (Å²) in [5, 5.41) is 11.7. The second-order valence-electron chi connectivity index (χ2n) is 6.72. The van der Waals surface area contributed by atoms with Gasteiger partial charge in [0.15, 0.2) is 5.78 Å². The third kappa shape index (κ3) is 3.10. The average Bonchev–Trinajstić information content (AvgIpc) is 2.93. The van der Waals surface area contributed by atoms with Crippen molar-refractivity contribution in [1.29, 1.82) is 0 Å². The van der Waals surface area contributed by atoms with E-state index in [1.165, 1.54) is 7.11 Å². The van der Waals surface area contributed by atoms with E-state index in [-0.39, 0.29) is 11.4 Å². The lowest BCUT2D eigenvalue weighted by molar-refractivity contribution is -0.485. The van der Waals surface area contributed by atoms with Crippen molar-refractivity contribution in [3.05, 3.63) is 79.9 Å². The van der Waals surface area contributed by atoms with Gasteiger partial charge in [0.1, 0.15) is 5.41 Å². The summed E-state index contributed by atoms with van der Waals surface area (Å²) in [5.74, 6) is -2.29. The molecule has 2 aromatic carbocycles. The summed E-state index contributed by atoms with van der Waals surface area (Å²) in [5.41, 5.74) is 0.617. The lowest BCUT2D eigenvalue weighted by atomic mass is 9.69. The Morgan fingerprint density at radius 1 is 1.33 bits per heavy atom. The van der Waals surface area contributed by atoms with Gasteiger partial charge in [-0.1, -0.05) is 47.5 Å². The molecule has 0 heterocycles. The predicted octanol–water partition coefficient (Wildman–Crippen LogP) is 3.61. The number of halogens is 1. The molecular weight excluding hydrogens is 370 g/mol. The first kappa shape index (κ1) is 19.0. The molecule has 0 amide bonds. The van der Waals surface area contributed by atoms with Crippen LogP contribution >= 0.6 is 11.6 Å². The Morgan fingerprint density at radius 3 is 2.67 bits per heavy atom. The number of hydrogen-bond acceptors (Lipinski definition) is 5. The largest absolute Gasteiger partial charge is 0.468 e. The van der Waals surface area contributed by atoms with Crippen molar-refractivity contribution in [3.63, 3.8) is 0 Å². The van der Waals surface area contributed by atoms with Crippen molar-refractivity contribution in [2.45, 2.75) is 19.3 Å². The number of benzene rings is 2. The Morgan fingerprint density at radius 2 is 2.04 bits per heavy atom. The highest BCUT2D eigenvalue weighted by Crippen LogP contribution is 2.49. The average molecular weight is 388 g/mol. The van der Waals surface area contributed by atoms with E-state index < -0.39 is 34.6 Å². The van der Waals surface area contributed by atoms with Gasteiger partial charge in [-0.05, 0) is 36.6 Å². The number of carbonyl (C=O) groups is 2. The number of methoxy groups -OCH3 is 1. The summed E-state index contributed by atoms with van der Waals surface area (Å²) >= 11 is 6.29. The lowest BCUT2D eigenvalue weighted by Gasteiger charge is -2.31. The number of nitrogens with zero attached hydrogens (tertiary/aromatic N) is 1. The van der Waals surface area contributed by atoms with Crippen LogP contribution in [0, 0.1) is 22.5 Å². The van der Waals surface area contributed by atoms with E-state index in [9.17, 15) is 19.7 Å². The van der Waals surface area contributed by atoms with Gasteiger partial charge in [-0.15, -0.1) is 0 Å². The van der Waals surface area contributed by atoms with Gasteiger partial charge < -0.3 is 4.74 Å². The standard InChI is InChI=1S/C20H18ClNO5/c1-12-7-8-13-10-20(19(24)27-2,18(23)15(13)9-12)16(11-22(25)26)14-5-3-4-6-17(14)21/h3-9,16H,10-11H2,1-2H3/t16-,20+/m1/s1. The number of fused-ring (bicyclic) bond motifs is 1. The summed E-state index contributed by atoms with van der Waals surface area (Å²) in [6, 6.07) is 11.9. The highest BCUT2D eigenvalue weighted by Gasteiger charge is 2.59. The highest BCUT2D eigenvalue weighted by molar-refractivity contribution is 6.31. The fraction of sp³-hybridized carbons (Fsp3) is 0.300. The molecular formula is C20H18ClNO5. The molecule has 6 nitrogen and oxygen atoms in total. The molecule has 3 rings (SSSR count). The number of nitro groups is 1. The van der Waals surface area contributed by atoms with Crippen molar-refractivity contribution in [2.24, 2.45) is 5.41 Å². The molecule has 0 unspecified atom stereocenters. The van der Waals surface area contributed by atoms with Gasteiger partial charge in [-0.3, -0.25) is 19.7 Å². The van der Waals surface area contributed by atoms with E-state index in [1.54, 1.807) is 36.4 Å². The normalized spacial score (nSPS) is 19.4. The summed E-state index contributed by atoms with van der Waals surface area (Å²) in [6.45, 7) is 1.23.